The first-order valence-corrected chi connectivity index (χ1v) is 7.77. The number of nitrogens with one attached hydrogen (secondary N) is 1. The van der Waals surface area contributed by atoms with Crippen LogP contribution < -0.4 is 5.32 Å². The third kappa shape index (κ3) is 4.74. The van der Waals surface area contributed by atoms with Crippen molar-refractivity contribution in [2.24, 2.45) is 7.05 Å². The van der Waals surface area contributed by atoms with E-state index in [1.54, 1.807) is 4.68 Å². The zero-order valence-electron chi connectivity index (χ0n) is 13.2. The molecule has 1 heterocycles. The fraction of sp³-hybridized carbons (Fsp3) is 0.733. The van der Waals surface area contributed by atoms with Crippen molar-refractivity contribution in [1.82, 2.24) is 20.0 Å². The predicted molar refractivity (Wildman–Crippen MR) is 80.9 cm³/mol. The molecule has 1 aromatic rings. The largest absolute Gasteiger partial charge is 0.377 e. The highest BCUT2D eigenvalue weighted by molar-refractivity contribution is 5.75. The second-order valence-corrected chi connectivity index (χ2v) is 5.55. The molecule has 0 aromatic carbocycles. The second-order valence-electron chi connectivity index (χ2n) is 5.55. The van der Waals surface area contributed by atoms with Crippen LogP contribution in [0.2, 0.25) is 0 Å². The Kier molecular flexibility index (Phi) is 5.61. The number of hydrogen-bond donors (Lipinski definition) is 1. The van der Waals surface area contributed by atoms with E-state index in [-0.39, 0.29) is 12.1 Å². The smallest absolute Gasteiger partial charge is 0.318 e. The molecule has 0 spiro atoms. The summed E-state index contributed by atoms with van der Waals surface area (Å²) in [4.78, 5) is 14.3. The molecular formula is C15H26N4O2. The summed E-state index contributed by atoms with van der Waals surface area (Å²) < 4.78 is 7.34. The number of aromatic nitrogens is 2. The molecule has 1 aliphatic rings. The first-order valence-electron chi connectivity index (χ1n) is 7.77. The lowest BCUT2D eigenvalue weighted by Gasteiger charge is -2.24. The monoisotopic (exact) mass is 294 g/mol. The third-order valence-corrected chi connectivity index (χ3v) is 3.70. The van der Waals surface area contributed by atoms with Gasteiger partial charge in [-0.1, -0.05) is 6.92 Å². The van der Waals surface area contributed by atoms with Crippen LogP contribution in [0.15, 0.2) is 12.4 Å². The highest BCUT2D eigenvalue weighted by atomic mass is 16.5. The van der Waals surface area contributed by atoms with Crippen molar-refractivity contribution in [1.29, 1.82) is 0 Å². The lowest BCUT2D eigenvalue weighted by Crippen LogP contribution is -2.44. The Labute approximate surface area is 126 Å². The van der Waals surface area contributed by atoms with E-state index in [2.05, 4.69) is 17.3 Å². The highest BCUT2D eigenvalue weighted by Crippen LogP contribution is 2.28. The van der Waals surface area contributed by atoms with E-state index in [4.69, 9.17) is 4.74 Å². The Morgan fingerprint density at radius 3 is 2.86 bits per heavy atom. The molecule has 1 fully saturated rings. The van der Waals surface area contributed by atoms with Gasteiger partial charge in [0, 0.05) is 38.0 Å². The molecule has 6 nitrogen and oxygen atoms in total. The summed E-state index contributed by atoms with van der Waals surface area (Å²) in [5.74, 6) is 0. The summed E-state index contributed by atoms with van der Waals surface area (Å²) in [6.07, 6.45) is 6.96. The van der Waals surface area contributed by atoms with E-state index in [1.165, 1.54) is 0 Å². The summed E-state index contributed by atoms with van der Waals surface area (Å²) in [5.41, 5.74) is 1.07. The van der Waals surface area contributed by atoms with Gasteiger partial charge in [0.05, 0.1) is 18.8 Å². The van der Waals surface area contributed by atoms with E-state index < -0.39 is 0 Å². The van der Waals surface area contributed by atoms with E-state index in [0.717, 1.165) is 24.8 Å². The Balaban J connectivity index is 1.87. The number of carbonyl (C=O) groups excluding carboxylic acids is 1. The third-order valence-electron chi connectivity index (χ3n) is 3.70. The maximum Gasteiger partial charge on any atom is 0.318 e. The van der Waals surface area contributed by atoms with Gasteiger partial charge in [-0.3, -0.25) is 4.68 Å². The van der Waals surface area contributed by atoms with Crippen molar-refractivity contribution in [3.05, 3.63) is 18.0 Å². The highest BCUT2D eigenvalue weighted by Gasteiger charge is 2.32. The van der Waals surface area contributed by atoms with E-state index in [1.807, 2.05) is 31.3 Å². The Hall–Kier alpha value is -1.56. The predicted octanol–water partition coefficient (Wildman–Crippen LogP) is 1.91. The van der Waals surface area contributed by atoms with Crippen molar-refractivity contribution in [2.75, 3.05) is 13.2 Å². The molecule has 1 N–H and O–H groups in total. The van der Waals surface area contributed by atoms with E-state index in [9.17, 15) is 4.79 Å². The molecule has 0 bridgehead atoms. The molecule has 21 heavy (non-hydrogen) atoms. The molecule has 2 amide bonds. The number of rotatable bonds is 8. The zero-order valence-corrected chi connectivity index (χ0v) is 13.2. The minimum absolute atomic E-state index is 0.000457. The summed E-state index contributed by atoms with van der Waals surface area (Å²) >= 11 is 0. The van der Waals surface area contributed by atoms with Crippen LogP contribution in [0.3, 0.4) is 0 Å². The first-order chi connectivity index (χ1) is 10.1. The molecular weight excluding hydrogens is 268 g/mol. The van der Waals surface area contributed by atoms with Gasteiger partial charge in [0.15, 0.2) is 0 Å². The van der Waals surface area contributed by atoms with Gasteiger partial charge in [-0.15, -0.1) is 0 Å². The number of hydrogen-bond acceptors (Lipinski definition) is 3. The molecule has 0 aliphatic heterocycles. The molecule has 0 unspecified atom stereocenters. The number of amides is 2. The van der Waals surface area contributed by atoms with Crippen molar-refractivity contribution in [3.63, 3.8) is 0 Å². The molecule has 2 rings (SSSR count). The summed E-state index contributed by atoms with van der Waals surface area (Å²) in [7, 11) is 1.89. The normalized spacial score (nSPS) is 15.8. The van der Waals surface area contributed by atoms with Gasteiger partial charge in [-0.2, -0.15) is 5.10 Å². The van der Waals surface area contributed by atoms with E-state index >= 15 is 0 Å². The van der Waals surface area contributed by atoms with Crippen LogP contribution in [0, 0.1) is 0 Å². The minimum atomic E-state index is -0.000457. The number of aryl methyl sites for hydroxylation is 1. The molecule has 1 saturated carbocycles. The summed E-state index contributed by atoms with van der Waals surface area (Å²) in [6.45, 7) is 5.91. The fourth-order valence-electron chi connectivity index (χ4n) is 2.36. The SMILES string of the molecule is CCO[C@@H](CC)CNC(=O)N(Cc1cnn(C)c1)C1CC1. The van der Waals surface area contributed by atoms with Gasteiger partial charge in [-0.25, -0.2) is 4.79 Å². The fourth-order valence-corrected chi connectivity index (χ4v) is 2.36. The number of carbonyl (C=O) groups is 1. The lowest BCUT2D eigenvalue weighted by molar-refractivity contribution is 0.0603. The van der Waals surface area contributed by atoms with Crippen LogP contribution in [0.1, 0.15) is 38.7 Å². The maximum absolute atomic E-state index is 12.4. The molecule has 6 heteroatoms. The first kappa shape index (κ1) is 15.8. The summed E-state index contributed by atoms with van der Waals surface area (Å²) in [5, 5.41) is 7.16. The number of urea groups is 1. The second kappa shape index (κ2) is 7.45. The Bertz CT molecular complexity index is 456. The maximum atomic E-state index is 12.4. The van der Waals surface area contributed by atoms with Crippen molar-refractivity contribution < 1.29 is 9.53 Å². The molecule has 0 radical (unpaired) electrons. The molecule has 1 aliphatic carbocycles. The van der Waals surface area contributed by atoms with Gasteiger partial charge in [0.2, 0.25) is 0 Å². The van der Waals surface area contributed by atoms with Gasteiger partial charge < -0.3 is 15.0 Å². The average Bonchev–Trinajstić information content (AvgIpc) is 3.23. The van der Waals surface area contributed by atoms with Crippen LogP contribution in [0.25, 0.3) is 0 Å². The lowest BCUT2D eigenvalue weighted by atomic mass is 10.3. The van der Waals surface area contributed by atoms with Crippen molar-refractivity contribution in [2.45, 2.75) is 51.8 Å². The molecule has 118 valence electrons. The average molecular weight is 294 g/mol. The molecule has 1 atom stereocenters. The van der Waals surface area contributed by atoms with Crippen LogP contribution in [-0.2, 0) is 18.3 Å². The van der Waals surface area contributed by atoms with Gasteiger partial charge in [0.25, 0.3) is 0 Å². The summed E-state index contributed by atoms with van der Waals surface area (Å²) in [6, 6.07) is 0.372. The van der Waals surface area contributed by atoms with E-state index in [0.29, 0.717) is 25.7 Å². The van der Waals surface area contributed by atoms with Crippen LogP contribution in [-0.4, -0.2) is 46.0 Å². The zero-order chi connectivity index (χ0) is 15.2. The van der Waals surface area contributed by atoms with Gasteiger partial charge in [0.1, 0.15) is 0 Å². The van der Waals surface area contributed by atoms with Gasteiger partial charge in [-0.05, 0) is 26.2 Å². The Morgan fingerprint density at radius 2 is 2.33 bits per heavy atom. The van der Waals surface area contributed by atoms with Crippen LogP contribution in [0.5, 0.6) is 0 Å². The quantitative estimate of drug-likeness (QED) is 0.796. The molecule has 1 aromatic heterocycles. The molecule has 0 saturated heterocycles. The van der Waals surface area contributed by atoms with Crippen LogP contribution >= 0.6 is 0 Å². The standard InChI is InChI=1S/C15H26N4O2/c1-4-14(21-5-2)9-16-15(20)19(13-6-7-13)11-12-8-17-18(3)10-12/h8,10,13-14H,4-7,9,11H2,1-3H3,(H,16,20)/t14-/m0/s1. The van der Waals surface area contributed by atoms with Crippen molar-refractivity contribution >= 4 is 6.03 Å². The van der Waals surface area contributed by atoms with Crippen molar-refractivity contribution in [3.8, 4) is 0 Å². The Morgan fingerprint density at radius 1 is 1.57 bits per heavy atom. The number of nitrogens with zero attached hydrogens (tertiary/aromatic N) is 3. The topological polar surface area (TPSA) is 59.4 Å². The number of ether oxygens (including phenoxy) is 1. The van der Waals surface area contributed by atoms with Gasteiger partial charge >= 0.3 is 6.03 Å². The van der Waals surface area contributed by atoms with Crippen LogP contribution in [0.4, 0.5) is 4.79 Å². The minimum Gasteiger partial charge on any atom is -0.377 e.